The molecule has 270 valence electrons. The molecular formula is C53H36N2OS. The standard InChI is InChI=1S/C53H36N2OS/c1-4-16-35(17-5-1)37-20-14-26-46(36-18-6-2-7-19-36)54-47(32-37)44-34-45-52-48(27-15-28-49(52)56-53(45)43-25-11-10-23-40(43)44)55(38-21-8-3-9-22-38)39-30-31-42-41-24-12-13-29-50(41)57-51(42)33-39/h1-13,15-19,21-34H,14,20H2/b37-32+,46-26-,54-47+. The van der Waals surface area contributed by atoms with Crippen LogP contribution in [0, 0.1) is 0 Å². The topological polar surface area (TPSA) is 28.7 Å². The van der Waals surface area contributed by atoms with Crippen LogP contribution in [0.25, 0.3) is 64.2 Å². The summed E-state index contributed by atoms with van der Waals surface area (Å²) in [5.74, 6) is 0. The van der Waals surface area contributed by atoms with Crippen molar-refractivity contribution in [3.05, 3.63) is 211 Å². The number of allylic oxidation sites excluding steroid dienone is 3. The summed E-state index contributed by atoms with van der Waals surface area (Å²) in [5, 5.41) is 6.87. The van der Waals surface area contributed by atoms with Gasteiger partial charge in [-0.3, -0.25) is 0 Å². The molecule has 0 fully saturated rings. The molecular weight excluding hydrogens is 713 g/mol. The quantitative estimate of drug-likeness (QED) is 0.169. The zero-order valence-corrected chi connectivity index (χ0v) is 31.9. The van der Waals surface area contributed by atoms with Gasteiger partial charge in [-0.2, -0.15) is 0 Å². The van der Waals surface area contributed by atoms with Gasteiger partial charge < -0.3 is 9.32 Å². The van der Waals surface area contributed by atoms with Crippen LogP contribution in [-0.2, 0) is 0 Å². The second kappa shape index (κ2) is 13.9. The third-order valence-corrected chi connectivity index (χ3v) is 12.3. The summed E-state index contributed by atoms with van der Waals surface area (Å²) < 4.78 is 9.47. The molecule has 0 spiro atoms. The Morgan fingerprint density at radius 3 is 2.02 bits per heavy atom. The molecule has 3 heterocycles. The molecule has 3 nitrogen and oxygen atoms in total. The Kier molecular flexibility index (Phi) is 8.15. The molecule has 10 aromatic rings. The third-order valence-electron chi connectivity index (χ3n) is 11.1. The van der Waals surface area contributed by atoms with Gasteiger partial charge in [0.25, 0.3) is 0 Å². The molecule has 2 aromatic heterocycles. The fourth-order valence-corrected chi connectivity index (χ4v) is 9.64. The van der Waals surface area contributed by atoms with Crippen molar-refractivity contribution in [3.63, 3.8) is 0 Å². The largest absolute Gasteiger partial charge is 0.455 e. The zero-order chi connectivity index (χ0) is 37.7. The van der Waals surface area contributed by atoms with Gasteiger partial charge in [0.2, 0.25) is 0 Å². The number of para-hydroxylation sites is 1. The molecule has 0 atom stereocenters. The van der Waals surface area contributed by atoms with Crippen molar-refractivity contribution in [1.82, 2.24) is 0 Å². The number of nitrogens with zero attached hydrogens (tertiary/aromatic N) is 2. The van der Waals surface area contributed by atoms with E-state index in [1.54, 1.807) is 0 Å². The van der Waals surface area contributed by atoms with Crippen molar-refractivity contribution in [1.29, 1.82) is 0 Å². The third kappa shape index (κ3) is 5.85. The lowest BCUT2D eigenvalue weighted by atomic mass is 9.92. The van der Waals surface area contributed by atoms with Crippen molar-refractivity contribution in [2.24, 2.45) is 4.99 Å². The van der Waals surface area contributed by atoms with Crippen LogP contribution >= 0.6 is 11.3 Å². The predicted molar refractivity (Wildman–Crippen MR) is 243 cm³/mol. The summed E-state index contributed by atoms with van der Waals surface area (Å²) in [6.07, 6.45) is 6.43. The van der Waals surface area contributed by atoms with Gasteiger partial charge in [-0.25, -0.2) is 4.99 Å². The number of anilines is 3. The zero-order valence-electron chi connectivity index (χ0n) is 31.1. The highest BCUT2D eigenvalue weighted by atomic mass is 32.1. The van der Waals surface area contributed by atoms with E-state index in [0.29, 0.717) is 0 Å². The fourth-order valence-electron chi connectivity index (χ4n) is 8.50. The van der Waals surface area contributed by atoms with Crippen LogP contribution in [0.1, 0.15) is 29.5 Å². The second-order valence-corrected chi connectivity index (χ2v) is 15.7. The van der Waals surface area contributed by atoms with Crippen LogP contribution < -0.4 is 4.90 Å². The number of furan rings is 1. The molecule has 0 saturated heterocycles. The Hall–Kier alpha value is -7.01. The van der Waals surface area contributed by atoms with Crippen molar-refractivity contribution >= 4 is 98.3 Å². The molecule has 0 amide bonds. The average Bonchev–Trinajstić information content (AvgIpc) is 3.83. The van der Waals surface area contributed by atoms with Gasteiger partial charge in [-0.15, -0.1) is 11.3 Å². The molecule has 0 bridgehead atoms. The van der Waals surface area contributed by atoms with E-state index in [9.17, 15) is 0 Å². The van der Waals surface area contributed by atoms with E-state index in [4.69, 9.17) is 9.41 Å². The summed E-state index contributed by atoms with van der Waals surface area (Å²) in [6.45, 7) is 0. The van der Waals surface area contributed by atoms with Crippen molar-refractivity contribution < 1.29 is 4.42 Å². The van der Waals surface area contributed by atoms with Crippen molar-refractivity contribution in [2.75, 3.05) is 4.90 Å². The normalized spacial score (nSPS) is 16.2. The summed E-state index contributed by atoms with van der Waals surface area (Å²) >= 11 is 1.84. The Balaban J connectivity index is 1.18. The molecule has 0 unspecified atom stereocenters. The molecule has 11 rings (SSSR count). The molecule has 4 heteroatoms. The number of rotatable bonds is 6. The van der Waals surface area contributed by atoms with E-state index in [0.717, 1.165) is 85.2 Å². The smallest absolute Gasteiger partial charge is 0.143 e. The average molecular weight is 749 g/mol. The fraction of sp³-hybridized carbons (Fsp3) is 0.0377. The van der Waals surface area contributed by atoms with E-state index in [2.05, 4.69) is 199 Å². The van der Waals surface area contributed by atoms with E-state index < -0.39 is 0 Å². The van der Waals surface area contributed by atoms with Crippen LogP contribution in [-0.4, -0.2) is 5.71 Å². The van der Waals surface area contributed by atoms with Crippen LogP contribution in [0.2, 0.25) is 0 Å². The van der Waals surface area contributed by atoms with Crippen molar-refractivity contribution in [2.45, 2.75) is 12.8 Å². The maximum Gasteiger partial charge on any atom is 0.143 e. The lowest BCUT2D eigenvalue weighted by Crippen LogP contribution is -2.10. The molecule has 1 aliphatic heterocycles. The molecule has 57 heavy (non-hydrogen) atoms. The van der Waals surface area contributed by atoms with E-state index in [1.165, 1.54) is 31.3 Å². The van der Waals surface area contributed by atoms with Gasteiger partial charge in [0.15, 0.2) is 0 Å². The Morgan fingerprint density at radius 1 is 0.526 bits per heavy atom. The van der Waals surface area contributed by atoms with Gasteiger partial charge in [0, 0.05) is 47.9 Å². The number of hydrogen-bond acceptors (Lipinski definition) is 4. The van der Waals surface area contributed by atoms with Crippen LogP contribution in [0.5, 0.6) is 0 Å². The maximum absolute atomic E-state index is 6.92. The molecule has 0 aliphatic carbocycles. The Labute approximate surface area is 334 Å². The van der Waals surface area contributed by atoms with Gasteiger partial charge in [-0.05, 0) is 89.5 Å². The highest BCUT2D eigenvalue weighted by Crippen LogP contribution is 2.46. The number of hydrogen-bond donors (Lipinski definition) is 0. The van der Waals surface area contributed by atoms with Crippen LogP contribution in [0.4, 0.5) is 17.1 Å². The minimum Gasteiger partial charge on any atom is -0.455 e. The summed E-state index contributed by atoms with van der Waals surface area (Å²) in [7, 11) is 0. The number of benzene rings is 8. The lowest BCUT2D eigenvalue weighted by Gasteiger charge is -2.26. The SMILES string of the molecule is C1=C(c2ccccc2)/N=C(c2cc3c(oc4cccc(N(c5ccccc5)c5ccc6c(c5)sc5ccccc56)c43)c3ccccc23)\C=C(\c2ccccc2)CC\1. The molecule has 0 saturated carbocycles. The first-order chi connectivity index (χ1) is 28.3. The van der Waals surface area contributed by atoms with Gasteiger partial charge in [0.1, 0.15) is 11.2 Å². The first-order valence-corrected chi connectivity index (χ1v) is 20.3. The van der Waals surface area contributed by atoms with Gasteiger partial charge >= 0.3 is 0 Å². The first-order valence-electron chi connectivity index (χ1n) is 19.5. The van der Waals surface area contributed by atoms with E-state index >= 15 is 0 Å². The molecule has 0 radical (unpaired) electrons. The van der Waals surface area contributed by atoms with Crippen molar-refractivity contribution in [3.8, 4) is 0 Å². The molecule has 1 aliphatic rings. The number of aliphatic imine (C=N–C) groups is 1. The van der Waals surface area contributed by atoms with Crippen LogP contribution in [0.3, 0.4) is 0 Å². The van der Waals surface area contributed by atoms with E-state index in [1.807, 2.05) is 11.3 Å². The Bertz CT molecular complexity index is 3230. The first kappa shape index (κ1) is 33.3. The van der Waals surface area contributed by atoms with Crippen LogP contribution in [0.15, 0.2) is 204 Å². The highest BCUT2D eigenvalue weighted by molar-refractivity contribution is 7.25. The second-order valence-electron chi connectivity index (χ2n) is 14.6. The van der Waals surface area contributed by atoms with E-state index in [-0.39, 0.29) is 0 Å². The predicted octanol–water partition coefficient (Wildman–Crippen LogP) is 15.3. The number of thiophene rings is 1. The van der Waals surface area contributed by atoms with Gasteiger partial charge in [-0.1, -0.05) is 140 Å². The lowest BCUT2D eigenvalue weighted by molar-refractivity contribution is 0.672. The van der Waals surface area contributed by atoms with Gasteiger partial charge in [0.05, 0.1) is 22.5 Å². The molecule has 8 aromatic carbocycles. The highest BCUT2D eigenvalue weighted by Gasteiger charge is 2.23. The molecule has 0 N–H and O–H groups in total. The number of fused-ring (bicyclic) bond motifs is 8. The minimum atomic E-state index is 0.846. The summed E-state index contributed by atoms with van der Waals surface area (Å²) in [6, 6.07) is 64.9. The summed E-state index contributed by atoms with van der Waals surface area (Å²) in [5.41, 5.74) is 11.6. The minimum absolute atomic E-state index is 0.846. The Morgan fingerprint density at radius 2 is 1.21 bits per heavy atom. The maximum atomic E-state index is 6.92. The summed E-state index contributed by atoms with van der Waals surface area (Å²) in [4.78, 5) is 7.92. The monoisotopic (exact) mass is 748 g/mol.